The first-order valence-electron chi connectivity index (χ1n) is 11.1. The smallest absolute Gasteiger partial charge is 0.247 e. The molecule has 1 aromatic rings. The van der Waals surface area contributed by atoms with E-state index in [1.807, 2.05) is 6.08 Å². The molecule has 3 rings (SSSR count). The Hall–Kier alpha value is -1.46. The van der Waals surface area contributed by atoms with E-state index in [4.69, 9.17) is 0 Å². The van der Waals surface area contributed by atoms with Gasteiger partial charge in [0.05, 0.1) is 0 Å². The van der Waals surface area contributed by atoms with Crippen LogP contribution in [0.3, 0.4) is 0 Å². The number of hydrogen-bond donors (Lipinski definition) is 0. The molecule has 2 aliphatic carbocycles. The van der Waals surface area contributed by atoms with Crippen LogP contribution in [0.1, 0.15) is 81.3 Å². The molecule has 0 amide bonds. The van der Waals surface area contributed by atoms with Crippen LogP contribution in [0, 0.1) is 29.4 Å². The molecule has 0 bridgehead atoms. The van der Waals surface area contributed by atoms with Crippen LogP contribution < -0.4 is 0 Å². The molecule has 30 heavy (non-hydrogen) atoms. The Bertz CT molecular complexity index is 684. The highest BCUT2D eigenvalue weighted by atomic mass is 19.4. The van der Waals surface area contributed by atoms with Crippen molar-refractivity contribution in [3.05, 3.63) is 47.0 Å². The van der Waals surface area contributed by atoms with Crippen LogP contribution in [0.15, 0.2) is 24.3 Å². The van der Waals surface area contributed by atoms with Gasteiger partial charge >= 0.3 is 6.18 Å². The summed E-state index contributed by atoms with van der Waals surface area (Å²) < 4.78 is 78.2. The Morgan fingerprint density at radius 1 is 0.800 bits per heavy atom. The number of alkyl halides is 4. The molecule has 0 N–H and O–H groups in total. The molecule has 168 valence electrons. The lowest BCUT2D eigenvalue weighted by atomic mass is 9.68. The van der Waals surface area contributed by atoms with Gasteiger partial charge in [0.25, 0.3) is 0 Å². The molecule has 2 saturated carbocycles. The summed E-state index contributed by atoms with van der Waals surface area (Å²) in [6.45, 7) is -0.402. The van der Waals surface area contributed by atoms with Crippen LogP contribution in [0.2, 0.25) is 0 Å². The van der Waals surface area contributed by atoms with Crippen molar-refractivity contribution in [3.63, 3.8) is 0 Å². The Morgan fingerprint density at radius 3 is 1.83 bits per heavy atom. The van der Waals surface area contributed by atoms with Gasteiger partial charge in [0.1, 0.15) is 23.9 Å². The van der Waals surface area contributed by atoms with E-state index in [9.17, 15) is 26.3 Å². The number of halogens is 6. The minimum atomic E-state index is -5.02. The third-order valence-corrected chi connectivity index (χ3v) is 7.15. The minimum Gasteiger partial charge on any atom is -0.247 e. The molecule has 0 atom stereocenters. The van der Waals surface area contributed by atoms with Crippen molar-refractivity contribution in [2.45, 2.75) is 76.3 Å². The topological polar surface area (TPSA) is 0 Å². The lowest BCUT2D eigenvalue weighted by Gasteiger charge is -2.38. The molecule has 0 heterocycles. The van der Waals surface area contributed by atoms with Crippen molar-refractivity contribution in [3.8, 4) is 0 Å². The van der Waals surface area contributed by atoms with Gasteiger partial charge in [0.2, 0.25) is 0 Å². The molecule has 0 saturated heterocycles. The second kappa shape index (κ2) is 10.2. The molecule has 0 aliphatic heterocycles. The van der Waals surface area contributed by atoms with E-state index in [1.165, 1.54) is 25.7 Å². The van der Waals surface area contributed by atoms with Gasteiger partial charge in [-0.3, -0.25) is 0 Å². The monoisotopic (exact) mass is 432 g/mol. The molecule has 2 fully saturated rings. The first-order valence-corrected chi connectivity index (χ1v) is 11.1. The Morgan fingerprint density at radius 2 is 1.33 bits per heavy atom. The normalized spacial score (nSPS) is 28.2. The lowest BCUT2D eigenvalue weighted by molar-refractivity contribution is -0.142. The van der Waals surface area contributed by atoms with Crippen LogP contribution in [-0.2, 0) is 6.18 Å². The standard InChI is InChI=1S/C24H30F6/c25-13-3-1-2-4-16-5-7-17(8-6-16)18-9-11-19(12-10-18)20-14-21(26)23(22(27)15-20)24(28,29)30/h1,3,14-19H,2,4-13H2/t16-,17-,18-,19-. The van der Waals surface area contributed by atoms with Crippen LogP contribution >= 0.6 is 0 Å². The second-order valence-corrected chi connectivity index (χ2v) is 8.95. The molecule has 0 unspecified atom stereocenters. The number of allylic oxidation sites excluding steroid dienone is 2. The van der Waals surface area contributed by atoms with Gasteiger partial charge < -0.3 is 0 Å². The highest BCUT2D eigenvalue weighted by Gasteiger charge is 2.39. The molecular formula is C24H30F6. The summed E-state index contributed by atoms with van der Waals surface area (Å²) in [5, 5.41) is 0. The second-order valence-electron chi connectivity index (χ2n) is 8.95. The van der Waals surface area contributed by atoms with E-state index in [0.29, 0.717) is 23.3 Å². The number of rotatable bonds is 6. The summed E-state index contributed by atoms with van der Waals surface area (Å²) in [6, 6.07) is 1.75. The maximum atomic E-state index is 13.9. The molecule has 0 nitrogen and oxygen atoms in total. The number of benzene rings is 1. The molecule has 0 spiro atoms. The lowest BCUT2D eigenvalue weighted by Crippen LogP contribution is -2.25. The summed E-state index contributed by atoms with van der Waals surface area (Å²) >= 11 is 0. The Balaban J connectivity index is 1.49. The third kappa shape index (κ3) is 5.82. The molecule has 2 aliphatic rings. The molecule has 6 heteroatoms. The average Bonchev–Trinajstić information content (AvgIpc) is 2.70. The van der Waals surface area contributed by atoms with Gasteiger partial charge in [-0.05, 0) is 92.7 Å². The zero-order valence-corrected chi connectivity index (χ0v) is 17.2. The SMILES string of the molecule is FCC=CCC[C@H]1CC[C@H]([C@H]2CC[C@H](c3cc(F)c(C(F)(F)F)c(F)c3)CC2)CC1. The summed E-state index contributed by atoms with van der Waals surface area (Å²) in [6.07, 6.45) is 8.75. The first kappa shape index (κ1) is 23.2. The van der Waals surface area contributed by atoms with Crippen LogP contribution in [0.4, 0.5) is 26.3 Å². The summed E-state index contributed by atoms with van der Waals surface area (Å²) in [7, 11) is 0. The van der Waals surface area contributed by atoms with Crippen molar-refractivity contribution in [2.75, 3.05) is 6.67 Å². The highest BCUT2D eigenvalue weighted by Crippen LogP contribution is 2.45. The fourth-order valence-corrected chi connectivity index (χ4v) is 5.48. The minimum absolute atomic E-state index is 0.0776. The summed E-state index contributed by atoms with van der Waals surface area (Å²) in [4.78, 5) is 0. The van der Waals surface area contributed by atoms with Crippen molar-refractivity contribution in [2.24, 2.45) is 17.8 Å². The first-order chi connectivity index (χ1) is 14.3. The maximum absolute atomic E-state index is 13.9. The quantitative estimate of drug-likeness (QED) is 0.313. The van der Waals surface area contributed by atoms with Crippen molar-refractivity contribution in [1.82, 2.24) is 0 Å². The van der Waals surface area contributed by atoms with E-state index in [-0.39, 0.29) is 5.92 Å². The van der Waals surface area contributed by atoms with E-state index in [2.05, 4.69) is 0 Å². The Labute approximate surface area is 174 Å². The summed E-state index contributed by atoms with van der Waals surface area (Å²) in [5.41, 5.74) is -1.45. The van der Waals surface area contributed by atoms with E-state index >= 15 is 0 Å². The van der Waals surface area contributed by atoms with Gasteiger partial charge in [-0.1, -0.05) is 25.0 Å². The average molecular weight is 432 g/mol. The zero-order chi connectivity index (χ0) is 21.7. The van der Waals surface area contributed by atoms with Gasteiger partial charge in [0.15, 0.2) is 0 Å². The fourth-order valence-electron chi connectivity index (χ4n) is 5.48. The van der Waals surface area contributed by atoms with Crippen LogP contribution in [-0.4, -0.2) is 6.67 Å². The van der Waals surface area contributed by atoms with Gasteiger partial charge in [-0.15, -0.1) is 0 Å². The van der Waals surface area contributed by atoms with Gasteiger partial charge in [0, 0.05) is 0 Å². The predicted octanol–water partition coefficient (Wildman–Crippen LogP) is 8.37. The molecule has 1 aromatic carbocycles. The van der Waals surface area contributed by atoms with Crippen molar-refractivity contribution in [1.29, 1.82) is 0 Å². The number of hydrogen-bond acceptors (Lipinski definition) is 0. The van der Waals surface area contributed by atoms with Gasteiger partial charge in [-0.2, -0.15) is 13.2 Å². The molecule has 0 radical (unpaired) electrons. The summed E-state index contributed by atoms with van der Waals surface area (Å²) in [5.74, 6) is -1.13. The molecular weight excluding hydrogens is 402 g/mol. The van der Waals surface area contributed by atoms with E-state index < -0.39 is 30.0 Å². The van der Waals surface area contributed by atoms with Crippen LogP contribution in [0.5, 0.6) is 0 Å². The third-order valence-electron chi connectivity index (χ3n) is 7.15. The van der Waals surface area contributed by atoms with E-state index in [1.54, 1.807) is 6.08 Å². The highest BCUT2D eigenvalue weighted by molar-refractivity contribution is 5.30. The fraction of sp³-hybridized carbons (Fsp3) is 0.667. The van der Waals surface area contributed by atoms with Crippen LogP contribution in [0.25, 0.3) is 0 Å². The van der Waals surface area contributed by atoms with E-state index in [0.717, 1.165) is 50.7 Å². The maximum Gasteiger partial charge on any atom is 0.422 e. The van der Waals surface area contributed by atoms with Gasteiger partial charge in [-0.25, -0.2) is 13.2 Å². The predicted molar refractivity (Wildman–Crippen MR) is 106 cm³/mol. The van der Waals surface area contributed by atoms with Crippen molar-refractivity contribution < 1.29 is 26.3 Å². The largest absolute Gasteiger partial charge is 0.422 e. The molecule has 0 aromatic heterocycles. The Kier molecular flexibility index (Phi) is 7.92. The zero-order valence-electron chi connectivity index (χ0n) is 17.2. The van der Waals surface area contributed by atoms with Crippen molar-refractivity contribution >= 4 is 0 Å².